The number of halogens is 1. The molecule has 1 saturated heterocycles. The highest BCUT2D eigenvalue weighted by atomic mass is 127. The van der Waals surface area contributed by atoms with E-state index >= 15 is 0 Å². The quantitative estimate of drug-likeness (QED) is 0.365. The monoisotopic (exact) mass is 512 g/mol. The molecule has 0 spiro atoms. The van der Waals surface area contributed by atoms with Gasteiger partial charge in [0.05, 0.1) is 13.2 Å². The van der Waals surface area contributed by atoms with Crippen LogP contribution < -0.4 is 11.1 Å². The molecule has 1 aliphatic rings. The average Bonchev–Trinajstić information content (AvgIpc) is 3.14. The van der Waals surface area contributed by atoms with E-state index in [-0.39, 0.29) is 35.8 Å². The minimum Gasteiger partial charge on any atom is -0.454 e. The van der Waals surface area contributed by atoms with Crippen LogP contribution in [0.25, 0.3) is 0 Å². The minimum absolute atomic E-state index is 0. The van der Waals surface area contributed by atoms with Crippen LogP contribution in [0.2, 0.25) is 0 Å². The van der Waals surface area contributed by atoms with E-state index in [0.29, 0.717) is 18.9 Å². The summed E-state index contributed by atoms with van der Waals surface area (Å²) in [6.07, 6.45) is 0.00304. The van der Waals surface area contributed by atoms with Gasteiger partial charge in [-0.1, -0.05) is 23.8 Å². The molecule has 1 aromatic carbocycles. The van der Waals surface area contributed by atoms with Gasteiger partial charge in [-0.3, -0.25) is 4.79 Å². The molecule has 1 aliphatic heterocycles. The maximum absolute atomic E-state index is 11.2. The van der Waals surface area contributed by atoms with Gasteiger partial charge in [-0.2, -0.15) is 0 Å². The highest BCUT2D eigenvalue weighted by molar-refractivity contribution is 14.0. The molecule has 158 valence electrons. The predicted molar refractivity (Wildman–Crippen MR) is 124 cm³/mol. The molecular weight excluding hydrogens is 483 g/mol. The van der Waals surface area contributed by atoms with Crippen molar-refractivity contribution in [3.8, 4) is 0 Å². The van der Waals surface area contributed by atoms with Crippen molar-refractivity contribution in [3.63, 3.8) is 0 Å². The summed E-state index contributed by atoms with van der Waals surface area (Å²) in [6, 6.07) is 9.76. The van der Waals surface area contributed by atoms with Crippen LogP contribution >= 0.6 is 24.0 Å². The Hall–Kier alpha value is -2.07. The molecule has 0 bridgehead atoms. The van der Waals surface area contributed by atoms with Gasteiger partial charge < -0.3 is 25.1 Å². The SMILES string of the molecule is CCNC(=NCc1ccc(C(N)=O)o1)N1CCOC(c2ccc(C)cc2C)C1.I. The van der Waals surface area contributed by atoms with Gasteiger partial charge in [0.25, 0.3) is 5.91 Å². The smallest absolute Gasteiger partial charge is 0.284 e. The zero-order chi connectivity index (χ0) is 20.1. The Morgan fingerprint density at radius 2 is 2.10 bits per heavy atom. The van der Waals surface area contributed by atoms with Crippen LogP contribution in [0, 0.1) is 13.8 Å². The molecule has 0 saturated carbocycles. The second-order valence-corrected chi connectivity index (χ2v) is 6.97. The molecule has 2 heterocycles. The Kier molecular flexibility index (Phi) is 8.51. The molecule has 29 heavy (non-hydrogen) atoms. The number of morpholine rings is 1. The van der Waals surface area contributed by atoms with E-state index in [2.05, 4.69) is 47.3 Å². The van der Waals surface area contributed by atoms with Crippen molar-refractivity contribution in [1.82, 2.24) is 10.2 Å². The molecule has 3 rings (SSSR count). The Morgan fingerprint density at radius 1 is 1.31 bits per heavy atom. The van der Waals surface area contributed by atoms with E-state index in [9.17, 15) is 4.79 Å². The molecule has 7 nitrogen and oxygen atoms in total. The zero-order valence-corrected chi connectivity index (χ0v) is 19.4. The molecule has 0 aliphatic carbocycles. The largest absolute Gasteiger partial charge is 0.454 e. The molecule has 2 aromatic rings. The molecule has 1 amide bonds. The van der Waals surface area contributed by atoms with Crippen LogP contribution in [-0.2, 0) is 11.3 Å². The van der Waals surface area contributed by atoms with Crippen LogP contribution in [0.3, 0.4) is 0 Å². The third-order valence-electron chi connectivity index (χ3n) is 4.76. The normalized spacial score (nSPS) is 17.0. The van der Waals surface area contributed by atoms with Gasteiger partial charge in [0.15, 0.2) is 11.7 Å². The summed E-state index contributed by atoms with van der Waals surface area (Å²) in [6.45, 7) is 9.47. The molecule has 8 heteroatoms. The van der Waals surface area contributed by atoms with E-state index in [1.54, 1.807) is 12.1 Å². The first-order valence-corrected chi connectivity index (χ1v) is 9.58. The number of hydrogen-bond acceptors (Lipinski definition) is 4. The van der Waals surface area contributed by atoms with Crippen molar-refractivity contribution < 1.29 is 13.9 Å². The summed E-state index contributed by atoms with van der Waals surface area (Å²) in [7, 11) is 0. The van der Waals surface area contributed by atoms with Gasteiger partial charge in [0, 0.05) is 13.1 Å². The summed E-state index contributed by atoms with van der Waals surface area (Å²) < 4.78 is 11.5. The molecule has 1 atom stereocenters. The van der Waals surface area contributed by atoms with Crippen LogP contribution in [0.15, 0.2) is 39.7 Å². The molecular formula is C21H29IN4O3. The van der Waals surface area contributed by atoms with Gasteiger partial charge in [-0.05, 0) is 44.0 Å². The average molecular weight is 512 g/mol. The van der Waals surface area contributed by atoms with Crippen LogP contribution in [-0.4, -0.2) is 43.0 Å². The number of furan rings is 1. The number of nitrogens with zero attached hydrogens (tertiary/aromatic N) is 2. The first kappa shape index (κ1) is 23.2. The first-order valence-electron chi connectivity index (χ1n) is 9.58. The number of ether oxygens (including phenoxy) is 1. The van der Waals surface area contributed by atoms with Crippen molar-refractivity contribution in [2.24, 2.45) is 10.7 Å². The van der Waals surface area contributed by atoms with Crippen LogP contribution in [0.4, 0.5) is 0 Å². The highest BCUT2D eigenvalue weighted by Crippen LogP contribution is 2.26. The Balaban J connectivity index is 0.00000300. The van der Waals surface area contributed by atoms with Gasteiger partial charge in [-0.15, -0.1) is 24.0 Å². The predicted octanol–water partition coefficient (Wildman–Crippen LogP) is 3.15. The molecule has 3 N–H and O–H groups in total. The number of carbonyl (C=O) groups excluding carboxylic acids is 1. The number of nitrogens with one attached hydrogen (secondary N) is 1. The number of aryl methyl sites for hydroxylation is 2. The maximum atomic E-state index is 11.2. The van der Waals surface area contributed by atoms with E-state index < -0.39 is 5.91 Å². The number of guanidine groups is 1. The van der Waals surface area contributed by atoms with E-state index in [0.717, 1.165) is 25.6 Å². The number of hydrogen-bond donors (Lipinski definition) is 2. The molecule has 1 fully saturated rings. The summed E-state index contributed by atoms with van der Waals surface area (Å²) in [4.78, 5) is 18.1. The fraction of sp³-hybridized carbons (Fsp3) is 0.429. The number of benzene rings is 1. The van der Waals surface area contributed by atoms with Gasteiger partial charge in [0.1, 0.15) is 18.4 Å². The number of nitrogens with two attached hydrogens (primary N) is 1. The Morgan fingerprint density at radius 3 is 2.76 bits per heavy atom. The van der Waals surface area contributed by atoms with E-state index in [1.807, 2.05) is 6.92 Å². The van der Waals surface area contributed by atoms with Crippen molar-refractivity contribution >= 4 is 35.8 Å². The zero-order valence-electron chi connectivity index (χ0n) is 17.1. The molecule has 1 unspecified atom stereocenters. The third-order valence-corrected chi connectivity index (χ3v) is 4.76. The van der Waals surface area contributed by atoms with Gasteiger partial charge in [0.2, 0.25) is 0 Å². The summed E-state index contributed by atoms with van der Waals surface area (Å²) in [5.41, 5.74) is 8.94. The number of primary amides is 1. The summed E-state index contributed by atoms with van der Waals surface area (Å²) in [5.74, 6) is 0.976. The second-order valence-electron chi connectivity index (χ2n) is 6.97. The van der Waals surface area contributed by atoms with Gasteiger partial charge in [-0.25, -0.2) is 4.99 Å². The summed E-state index contributed by atoms with van der Waals surface area (Å²) >= 11 is 0. The standard InChI is InChI=1S/C21H28N4O3.HI/c1-4-23-21(24-12-16-6-8-18(28-16)20(22)26)25-9-10-27-19(13-25)17-7-5-14(2)11-15(17)3;/h5-8,11,19H,4,9-10,12-13H2,1-3H3,(H2,22,26)(H,23,24);1H. The topological polar surface area (TPSA) is 93.1 Å². The van der Waals surface area contributed by atoms with Crippen molar-refractivity contribution in [2.45, 2.75) is 33.4 Å². The fourth-order valence-electron chi connectivity index (χ4n) is 3.39. The lowest BCUT2D eigenvalue weighted by Crippen LogP contribution is -2.48. The van der Waals surface area contributed by atoms with E-state index in [4.69, 9.17) is 14.9 Å². The van der Waals surface area contributed by atoms with Crippen molar-refractivity contribution in [2.75, 3.05) is 26.2 Å². The number of amides is 1. The lowest BCUT2D eigenvalue weighted by molar-refractivity contribution is -0.00835. The second kappa shape index (κ2) is 10.6. The Bertz CT molecular complexity index is 865. The fourth-order valence-corrected chi connectivity index (χ4v) is 3.39. The van der Waals surface area contributed by atoms with Crippen molar-refractivity contribution in [3.05, 3.63) is 58.5 Å². The minimum atomic E-state index is -0.577. The number of carbonyl (C=O) groups is 1. The lowest BCUT2D eigenvalue weighted by Gasteiger charge is -2.35. The molecule has 0 radical (unpaired) electrons. The van der Waals surface area contributed by atoms with Crippen LogP contribution in [0.5, 0.6) is 0 Å². The van der Waals surface area contributed by atoms with Gasteiger partial charge >= 0.3 is 0 Å². The number of aliphatic imine (C=N–C) groups is 1. The van der Waals surface area contributed by atoms with Crippen LogP contribution in [0.1, 0.15) is 46.0 Å². The summed E-state index contributed by atoms with van der Waals surface area (Å²) in [5, 5.41) is 3.33. The van der Waals surface area contributed by atoms with Crippen molar-refractivity contribution in [1.29, 1.82) is 0 Å². The number of rotatable bonds is 5. The third kappa shape index (κ3) is 5.96. The highest BCUT2D eigenvalue weighted by Gasteiger charge is 2.25. The maximum Gasteiger partial charge on any atom is 0.284 e. The first-order chi connectivity index (χ1) is 13.5. The Labute approximate surface area is 188 Å². The van der Waals surface area contributed by atoms with E-state index in [1.165, 1.54) is 16.7 Å². The lowest BCUT2D eigenvalue weighted by atomic mass is 10.00. The molecule has 1 aromatic heterocycles.